The van der Waals surface area contributed by atoms with Gasteiger partial charge in [-0.3, -0.25) is 4.79 Å². The monoisotopic (exact) mass is 394 g/mol. The number of hydrogen-bond acceptors (Lipinski definition) is 5. The van der Waals surface area contributed by atoms with E-state index in [1.807, 2.05) is 16.8 Å². The molecule has 0 radical (unpaired) electrons. The highest BCUT2D eigenvalue weighted by Gasteiger charge is 2.18. The number of nitrogens with one attached hydrogen (secondary N) is 1. The molecule has 1 N–H and O–H groups in total. The van der Waals surface area contributed by atoms with Crippen LogP contribution in [0.4, 0.5) is 0 Å². The minimum Gasteiger partial charge on any atom is -0.350 e. The Morgan fingerprint density at radius 3 is 2.93 bits per heavy atom. The first-order valence-electron chi connectivity index (χ1n) is 9.28. The van der Waals surface area contributed by atoms with Crippen molar-refractivity contribution >= 4 is 28.1 Å². The van der Waals surface area contributed by atoms with Crippen LogP contribution >= 0.6 is 11.3 Å². The first kappa shape index (κ1) is 18.4. The van der Waals surface area contributed by atoms with Crippen molar-refractivity contribution in [3.8, 4) is 11.6 Å². The summed E-state index contributed by atoms with van der Waals surface area (Å²) in [6.07, 6.45) is 1.41. The van der Waals surface area contributed by atoms with Crippen LogP contribution in [0, 0.1) is 6.92 Å². The lowest BCUT2D eigenvalue weighted by Crippen LogP contribution is -2.28. The first-order valence-corrected chi connectivity index (χ1v) is 10.2. The Balaban J connectivity index is 1.52. The number of aromatic amines is 1. The number of aromatic nitrogens is 3. The van der Waals surface area contributed by atoms with Crippen molar-refractivity contribution in [3.63, 3.8) is 0 Å². The minimum absolute atomic E-state index is 0.00391. The molecule has 3 aromatic heterocycles. The number of fused-ring (bicyclic) bond motifs is 1. The lowest BCUT2D eigenvalue weighted by molar-refractivity contribution is 0.0796. The van der Waals surface area contributed by atoms with Crippen molar-refractivity contribution in [2.75, 3.05) is 13.6 Å². The number of H-pyrrole nitrogens is 1. The maximum atomic E-state index is 12.3. The van der Waals surface area contributed by atoms with E-state index in [0.717, 1.165) is 17.6 Å². The van der Waals surface area contributed by atoms with Gasteiger partial charge in [0.2, 0.25) is 0 Å². The van der Waals surface area contributed by atoms with Gasteiger partial charge in [0.15, 0.2) is 5.82 Å². The minimum atomic E-state index is 0.00391. The second kappa shape index (κ2) is 7.59. The number of thiophene rings is 1. The molecule has 0 saturated heterocycles. The summed E-state index contributed by atoms with van der Waals surface area (Å²) in [4.78, 5) is 22.0. The molecule has 7 heteroatoms. The van der Waals surface area contributed by atoms with E-state index in [4.69, 9.17) is 4.52 Å². The van der Waals surface area contributed by atoms with Crippen molar-refractivity contribution in [2.45, 2.75) is 26.7 Å². The summed E-state index contributed by atoms with van der Waals surface area (Å²) < 4.78 is 5.52. The van der Waals surface area contributed by atoms with Gasteiger partial charge in [-0.15, -0.1) is 0 Å². The van der Waals surface area contributed by atoms with Crippen LogP contribution in [0.3, 0.4) is 0 Å². The molecule has 3 heterocycles. The highest BCUT2D eigenvalue weighted by atomic mass is 32.1. The van der Waals surface area contributed by atoms with Crippen LogP contribution in [-0.4, -0.2) is 39.5 Å². The summed E-state index contributed by atoms with van der Waals surface area (Å²) in [5, 5.41) is 9.06. The summed E-state index contributed by atoms with van der Waals surface area (Å²) in [6.45, 7) is 4.74. The SMILES string of the molecule is CCc1c(-c2nc(CCN(C)C(=O)c3ccsc3)no2)[nH]c2ccc(C)cc12. The van der Waals surface area contributed by atoms with Crippen LogP contribution in [-0.2, 0) is 12.8 Å². The topological polar surface area (TPSA) is 75.0 Å². The summed E-state index contributed by atoms with van der Waals surface area (Å²) in [7, 11) is 1.79. The number of rotatable bonds is 6. The molecule has 0 aliphatic rings. The van der Waals surface area contributed by atoms with E-state index in [1.54, 1.807) is 11.9 Å². The highest BCUT2D eigenvalue weighted by molar-refractivity contribution is 7.08. The van der Waals surface area contributed by atoms with E-state index in [1.165, 1.54) is 27.8 Å². The van der Waals surface area contributed by atoms with Crippen molar-refractivity contribution in [1.82, 2.24) is 20.0 Å². The zero-order valence-corrected chi connectivity index (χ0v) is 17.0. The summed E-state index contributed by atoms with van der Waals surface area (Å²) in [6, 6.07) is 8.17. The normalized spacial score (nSPS) is 11.2. The van der Waals surface area contributed by atoms with Crippen molar-refractivity contribution < 1.29 is 9.32 Å². The molecule has 0 atom stereocenters. The van der Waals surface area contributed by atoms with Gasteiger partial charge in [0.1, 0.15) is 5.69 Å². The number of likely N-dealkylation sites (N-methyl/N-ethyl adjacent to an activating group) is 1. The molecule has 1 amide bonds. The second-order valence-corrected chi connectivity index (χ2v) is 7.67. The van der Waals surface area contributed by atoms with Crippen LogP contribution in [0.25, 0.3) is 22.5 Å². The van der Waals surface area contributed by atoms with Crippen LogP contribution in [0.15, 0.2) is 39.5 Å². The molecule has 4 rings (SSSR count). The second-order valence-electron chi connectivity index (χ2n) is 6.89. The zero-order chi connectivity index (χ0) is 19.7. The Labute approximate surface area is 167 Å². The number of nitrogens with zero attached hydrogens (tertiary/aromatic N) is 3. The van der Waals surface area contributed by atoms with Gasteiger partial charge in [-0.05, 0) is 42.5 Å². The van der Waals surface area contributed by atoms with Gasteiger partial charge in [-0.25, -0.2) is 0 Å². The number of hydrogen-bond donors (Lipinski definition) is 1. The molecule has 0 aliphatic carbocycles. The Bertz CT molecular complexity index is 1110. The van der Waals surface area contributed by atoms with Gasteiger partial charge in [0.25, 0.3) is 11.8 Å². The molecule has 0 fully saturated rings. The Morgan fingerprint density at radius 1 is 1.32 bits per heavy atom. The molecule has 0 saturated carbocycles. The predicted molar refractivity (Wildman–Crippen MR) is 111 cm³/mol. The number of carbonyl (C=O) groups excluding carboxylic acids is 1. The average Bonchev–Trinajstić information content (AvgIpc) is 3.44. The van der Waals surface area contributed by atoms with Crippen LogP contribution < -0.4 is 0 Å². The van der Waals surface area contributed by atoms with Gasteiger partial charge in [-0.2, -0.15) is 16.3 Å². The maximum absolute atomic E-state index is 12.3. The first-order chi connectivity index (χ1) is 13.6. The van der Waals surface area contributed by atoms with Crippen LogP contribution in [0.5, 0.6) is 0 Å². The summed E-state index contributed by atoms with van der Waals surface area (Å²) >= 11 is 1.52. The van der Waals surface area contributed by atoms with Crippen molar-refractivity contribution in [1.29, 1.82) is 0 Å². The smallest absolute Gasteiger partial charge is 0.274 e. The largest absolute Gasteiger partial charge is 0.350 e. The fraction of sp³-hybridized carbons (Fsp3) is 0.286. The van der Waals surface area contributed by atoms with E-state index in [9.17, 15) is 4.79 Å². The van der Waals surface area contributed by atoms with Crippen LogP contribution in [0.1, 0.15) is 34.2 Å². The van der Waals surface area contributed by atoms with E-state index < -0.39 is 0 Å². The van der Waals surface area contributed by atoms with Gasteiger partial charge in [0.05, 0.1) is 5.56 Å². The standard InChI is InChI=1S/C21H22N4O2S/c1-4-15-16-11-13(2)5-6-17(16)22-19(15)20-23-18(24-27-20)7-9-25(3)21(26)14-8-10-28-12-14/h5-6,8,10-12,22H,4,7,9H2,1-3H3. The molecule has 0 aliphatic heterocycles. The third kappa shape index (κ3) is 3.45. The Hall–Kier alpha value is -2.93. The quantitative estimate of drug-likeness (QED) is 0.524. The van der Waals surface area contributed by atoms with Gasteiger partial charge < -0.3 is 14.4 Å². The molecule has 0 unspecified atom stereocenters. The summed E-state index contributed by atoms with van der Waals surface area (Å²) in [5.74, 6) is 1.09. The molecular formula is C21H22N4O2S. The predicted octanol–water partition coefficient (Wildman–Crippen LogP) is 4.46. The molecule has 4 aromatic rings. The van der Waals surface area contributed by atoms with Crippen LogP contribution in [0.2, 0.25) is 0 Å². The highest BCUT2D eigenvalue weighted by Crippen LogP contribution is 2.30. The fourth-order valence-corrected chi connectivity index (χ4v) is 3.97. The van der Waals surface area contributed by atoms with E-state index >= 15 is 0 Å². The third-order valence-electron chi connectivity index (χ3n) is 4.88. The number of amides is 1. The van der Waals surface area contributed by atoms with Crippen molar-refractivity contribution in [2.24, 2.45) is 0 Å². The van der Waals surface area contributed by atoms with E-state index in [-0.39, 0.29) is 5.91 Å². The van der Waals surface area contributed by atoms with Gasteiger partial charge >= 0.3 is 0 Å². The van der Waals surface area contributed by atoms with E-state index in [0.29, 0.717) is 30.2 Å². The molecule has 1 aromatic carbocycles. The zero-order valence-electron chi connectivity index (χ0n) is 16.2. The third-order valence-corrected chi connectivity index (χ3v) is 5.57. The fourth-order valence-electron chi connectivity index (χ4n) is 3.34. The number of carbonyl (C=O) groups is 1. The Kier molecular flexibility index (Phi) is 5.00. The summed E-state index contributed by atoms with van der Waals surface area (Å²) in [5.41, 5.74) is 5.06. The van der Waals surface area contributed by atoms with Crippen molar-refractivity contribution in [3.05, 3.63) is 57.5 Å². The van der Waals surface area contributed by atoms with Gasteiger partial charge in [0, 0.05) is 36.3 Å². The van der Waals surface area contributed by atoms with Gasteiger partial charge in [-0.1, -0.05) is 23.7 Å². The maximum Gasteiger partial charge on any atom is 0.274 e. The lowest BCUT2D eigenvalue weighted by atomic mass is 10.1. The molecule has 6 nitrogen and oxygen atoms in total. The number of benzene rings is 1. The number of aryl methyl sites for hydroxylation is 2. The Morgan fingerprint density at radius 2 is 2.18 bits per heavy atom. The molecule has 144 valence electrons. The molecule has 0 spiro atoms. The molecule has 28 heavy (non-hydrogen) atoms. The molecular weight excluding hydrogens is 372 g/mol. The molecule has 0 bridgehead atoms. The van der Waals surface area contributed by atoms with E-state index in [2.05, 4.69) is 47.2 Å². The average molecular weight is 395 g/mol. The lowest BCUT2D eigenvalue weighted by Gasteiger charge is -2.14.